The first kappa shape index (κ1) is 16.6. The van der Waals surface area contributed by atoms with Crippen molar-refractivity contribution in [3.8, 4) is 0 Å². The van der Waals surface area contributed by atoms with Gasteiger partial charge in [-0.25, -0.2) is 4.39 Å². The van der Waals surface area contributed by atoms with Crippen molar-refractivity contribution in [3.63, 3.8) is 0 Å². The monoisotopic (exact) mass is 317 g/mol. The van der Waals surface area contributed by atoms with Gasteiger partial charge in [0.1, 0.15) is 5.82 Å². The molecule has 0 bridgehead atoms. The molecule has 0 saturated carbocycles. The molecule has 2 rings (SSSR count). The molecule has 2 atom stereocenters. The molecule has 116 valence electrons. The Morgan fingerprint density at radius 1 is 1.09 bits per heavy atom. The summed E-state index contributed by atoms with van der Waals surface area (Å²) < 4.78 is 12.9. The van der Waals surface area contributed by atoms with Gasteiger partial charge in [0.05, 0.1) is 11.3 Å². The Morgan fingerprint density at radius 2 is 1.73 bits per heavy atom. The van der Waals surface area contributed by atoms with Gasteiger partial charge in [0.15, 0.2) is 0 Å². The molecule has 0 aliphatic rings. The quantitative estimate of drug-likeness (QED) is 0.859. The summed E-state index contributed by atoms with van der Waals surface area (Å²) in [5, 5.41) is 2.83. The normalized spacial score (nSPS) is 13.4. The summed E-state index contributed by atoms with van der Waals surface area (Å²) >= 11 is 1.61. The predicted molar refractivity (Wildman–Crippen MR) is 90.2 cm³/mol. The molecule has 0 fully saturated rings. The third-order valence-electron chi connectivity index (χ3n) is 3.44. The molecular formula is C18H20FNOS. The van der Waals surface area contributed by atoms with E-state index in [2.05, 4.69) is 17.4 Å². The Labute approximate surface area is 135 Å². The zero-order valence-corrected chi connectivity index (χ0v) is 13.6. The number of halogens is 1. The van der Waals surface area contributed by atoms with Gasteiger partial charge in [0.2, 0.25) is 5.91 Å². The fourth-order valence-corrected chi connectivity index (χ4v) is 2.89. The molecule has 0 radical (unpaired) electrons. The van der Waals surface area contributed by atoms with Crippen LogP contribution < -0.4 is 5.32 Å². The first-order valence-corrected chi connectivity index (χ1v) is 8.32. The SMILES string of the molecule is CC(SCc1ccccc1)C(=O)NC(C)c1ccc(F)cc1. The van der Waals surface area contributed by atoms with Crippen molar-refractivity contribution < 1.29 is 9.18 Å². The van der Waals surface area contributed by atoms with Gasteiger partial charge in [-0.15, -0.1) is 11.8 Å². The van der Waals surface area contributed by atoms with E-state index in [9.17, 15) is 9.18 Å². The molecule has 4 heteroatoms. The molecule has 0 spiro atoms. The smallest absolute Gasteiger partial charge is 0.233 e. The zero-order chi connectivity index (χ0) is 15.9. The lowest BCUT2D eigenvalue weighted by Gasteiger charge is -2.18. The van der Waals surface area contributed by atoms with Gasteiger partial charge in [-0.1, -0.05) is 42.5 Å². The highest BCUT2D eigenvalue weighted by Gasteiger charge is 2.16. The van der Waals surface area contributed by atoms with Crippen LogP contribution in [-0.2, 0) is 10.5 Å². The Balaban J connectivity index is 1.84. The standard InChI is InChI=1S/C18H20FNOS/c1-13(16-8-10-17(19)11-9-16)20-18(21)14(2)22-12-15-6-4-3-5-7-15/h3-11,13-14H,12H2,1-2H3,(H,20,21). The predicted octanol–water partition coefficient (Wildman–Crippen LogP) is 4.32. The van der Waals surface area contributed by atoms with Crippen LogP contribution in [-0.4, -0.2) is 11.2 Å². The second-order valence-corrected chi connectivity index (χ2v) is 6.55. The number of rotatable bonds is 6. The Kier molecular flexibility index (Phi) is 6.01. The number of carbonyl (C=O) groups excluding carboxylic acids is 1. The summed E-state index contributed by atoms with van der Waals surface area (Å²) in [5.41, 5.74) is 2.11. The molecule has 0 aliphatic heterocycles. The van der Waals surface area contributed by atoms with Crippen molar-refractivity contribution in [1.82, 2.24) is 5.32 Å². The number of hydrogen-bond donors (Lipinski definition) is 1. The largest absolute Gasteiger partial charge is 0.349 e. The van der Waals surface area contributed by atoms with Crippen molar-refractivity contribution in [1.29, 1.82) is 0 Å². The van der Waals surface area contributed by atoms with E-state index in [4.69, 9.17) is 0 Å². The van der Waals surface area contributed by atoms with Crippen LogP contribution in [0.3, 0.4) is 0 Å². The number of nitrogens with one attached hydrogen (secondary N) is 1. The van der Waals surface area contributed by atoms with E-state index in [-0.39, 0.29) is 23.0 Å². The summed E-state index contributed by atoms with van der Waals surface area (Å²) in [6, 6.07) is 16.2. The fraction of sp³-hybridized carbons (Fsp3) is 0.278. The van der Waals surface area contributed by atoms with Gasteiger partial charge in [-0.3, -0.25) is 4.79 Å². The molecule has 0 aromatic heterocycles. The van der Waals surface area contributed by atoms with E-state index in [0.717, 1.165) is 11.3 Å². The van der Waals surface area contributed by atoms with Crippen LogP contribution in [0.2, 0.25) is 0 Å². The molecule has 2 nitrogen and oxygen atoms in total. The lowest BCUT2D eigenvalue weighted by molar-refractivity contribution is -0.120. The minimum atomic E-state index is -0.269. The number of benzene rings is 2. The highest BCUT2D eigenvalue weighted by molar-refractivity contribution is 7.99. The van der Waals surface area contributed by atoms with E-state index < -0.39 is 0 Å². The molecule has 0 saturated heterocycles. The summed E-state index contributed by atoms with van der Waals surface area (Å²) in [6.07, 6.45) is 0. The van der Waals surface area contributed by atoms with E-state index in [0.29, 0.717) is 0 Å². The van der Waals surface area contributed by atoms with Gasteiger partial charge >= 0.3 is 0 Å². The molecule has 22 heavy (non-hydrogen) atoms. The Bertz CT molecular complexity index is 600. The average molecular weight is 317 g/mol. The molecule has 2 unspecified atom stereocenters. The topological polar surface area (TPSA) is 29.1 Å². The number of carbonyl (C=O) groups is 1. The lowest BCUT2D eigenvalue weighted by Crippen LogP contribution is -2.33. The molecule has 0 heterocycles. The van der Waals surface area contributed by atoms with Crippen LogP contribution in [0.5, 0.6) is 0 Å². The van der Waals surface area contributed by atoms with Gasteiger partial charge in [-0.2, -0.15) is 0 Å². The second-order valence-electron chi connectivity index (χ2n) is 5.22. The van der Waals surface area contributed by atoms with Crippen LogP contribution in [0, 0.1) is 5.82 Å². The maximum absolute atomic E-state index is 12.9. The highest BCUT2D eigenvalue weighted by Crippen LogP contribution is 2.19. The van der Waals surface area contributed by atoms with Crippen LogP contribution in [0.25, 0.3) is 0 Å². The number of thioether (sulfide) groups is 1. The highest BCUT2D eigenvalue weighted by atomic mass is 32.2. The minimum Gasteiger partial charge on any atom is -0.349 e. The minimum absolute atomic E-state index is 0.00208. The van der Waals surface area contributed by atoms with Crippen LogP contribution in [0.1, 0.15) is 31.0 Å². The Hall–Kier alpha value is -1.81. The summed E-state index contributed by atoms with van der Waals surface area (Å²) in [6.45, 7) is 3.81. The molecular weight excluding hydrogens is 297 g/mol. The van der Waals surface area contributed by atoms with Crippen molar-refractivity contribution in [2.45, 2.75) is 30.9 Å². The molecule has 1 amide bonds. The molecule has 1 N–H and O–H groups in total. The van der Waals surface area contributed by atoms with E-state index in [1.807, 2.05) is 32.0 Å². The van der Waals surface area contributed by atoms with Gasteiger partial charge in [0.25, 0.3) is 0 Å². The molecule has 0 aliphatic carbocycles. The first-order valence-electron chi connectivity index (χ1n) is 7.27. The van der Waals surface area contributed by atoms with Gasteiger partial charge in [0, 0.05) is 5.75 Å². The first-order chi connectivity index (χ1) is 10.6. The fourth-order valence-electron chi connectivity index (χ4n) is 2.04. The molecule has 2 aromatic rings. The van der Waals surface area contributed by atoms with Gasteiger partial charge in [-0.05, 0) is 37.1 Å². The van der Waals surface area contributed by atoms with Crippen LogP contribution >= 0.6 is 11.8 Å². The molecule has 2 aromatic carbocycles. The second kappa shape index (κ2) is 7.99. The van der Waals surface area contributed by atoms with Crippen molar-refractivity contribution in [3.05, 3.63) is 71.5 Å². The Morgan fingerprint density at radius 3 is 2.36 bits per heavy atom. The summed E-state index contributed by atoms with van der Waals surface area (Å²) in [5.74, 6) is 0.534. The maximum atomic E-state index is 12.9. The van der Waals surface area contributed by atoms with Crippen LogP contribution in [0.4, 0.5) is 4.39 Å². The van der Waals surface area contributed by atoms with Crippen LogP contribution in [0.15, 0.2) is 54.6 Å². The van der Waals surface area contributed by atoms with E-state index in [1.54, 1.807) is 23.9 Å². The zero-order valence-electron chi connectivity index (χ0n) is 12.8. The maximum Gasteiger partial charge on any atom is 0.233 e. The summed E-state index contributed by atoms with van der Waals surface area (Å²) in [4.78, 5) is 12.2. The third-order valence-corrected chi connectivity index (χ3v) is 4.65. The number of hydrogen-bond acceptors (Lipinski definition) is 2. The van der Waals surface area contributed by atoms with Crippen molar-refractivity contribution >= 4 is 17.7 Å². The number of amides is 1. The lowest BCUT2D eigenvalue weighted by atomic mass is 10.1. The van der Waals surface area contributed by atoms with E-state index >= 15 is 0 Å². The average Bonchev–Trinajstić information content (AvgIpc) is 2.54. The van der Waals surface area contributed by atoms with Gasteiger partial charge < -0.3 is 5.32 Å². The van der Waals surface area contributed by atoms with Crippen molar-refractivity contribution in [2.24, 2.45) is 0 Å². The summed E-state index contributed by atoms with van der Waals surface area (Å²) in [7, 11) is 0. The van der Waals surface area contributed by atoms with Crippen molar-refractivity contribution in [2.75, 3.05) is 0 Å². The van der Waals surface area contributed by atoms with E-state index in [1.165, 1.54) is 17.7 Å². The third kappa shape index (κ3) is 4.88.